The van der Waals surface area contributed by atoms with Gasteiger partial charge in [-0.3, -0.25) is 0 Å². The van der Waals surface area contributed by atoms with Gasteiger partial charge in [0, 0.05) is 13.0 Å². The molecule has 0 fully saturated rings. The van der Waals surface area contributed by atoms with E-state index < -0.39 is 0 Å². The number of hydrogen-bond donors (Lipinski definition) is 0. The van der Waals surface area contributed by atoms with Gasteiger partial charge in [0.25, 0.3) is 0 Å². The second-order valence-electron chi connectivity index (χ2n) is 3.98. The number of nitrogens with zero attached hydrogens (tertiary/aromatic N) is 2. The lowest BCUT2D eigenvalue weighted by Gasteiger charge is -2.08. The maximum Gasteiger partial charge on any atom is 0.112 e. The van der Waals surface area contributed by atoms with Gasteiger partial charge in [0.1, 0.15) is 11.5 Å². The average Bonchev–Trinajstić information content (AvgIpc) is 2.59. The van der Waals surface area contributed by atoms with Gasteiger partial charge < -0.3 is 4.57 Å². The maximum atomic E-state index is 4.22. The largest absolute Gasteiger partial charge is 0.325 e. The van der Waals surface area contributed by atoms with Gasteiger partial charge in [-0.25, -0.2) is 4.98 Å². The van der Waals surface area contributed by atoms with Gasteiger partial charge >= 0.3 is 0 Å². The third kappa shape index (κ3) is 2.30. The Balaban J connectivity index is 2.14. The zero-order valence-electron chi connectivity index (χ0n) is 9.33. The molecule has 1 heterocycles. The molecule has 0 radical (unpaired) electrons. The first-order valence-electron chi connectivity index (χ1n) is 5.44. The summed E-state index contributed by atoms with van der Waals surface area (Å²) in [7, 11) is 2.00. The third-order valence-electron chi connectivity index (χ3n) is 2.86. The summed E-state index contributed by atoms with van der Waals surface area (Å²) in [4.78, 5) is 4.22. The Morgan fingerprint density at radius 1 is 1.53 bits per heavy atom. The van der Waals surface area contributed by atoms with E-state index in [0.29, 0.717) is 5.92 Å². The Morgan fingerprint density at radius 3 is 3.00 bits per heavy atom. The molecule has 0 saturated heterocycles. The lowest BCUT2D eigenvalue weighted by molar-refractivity contribution is 0.645. The van der Waals surface area contributed by atoms with E-state index in [1.165, 1.54) is 19.3 Å². The van der Waals surface area contributed by atoms with Crippen molar-refractivity contribution >= 4 is 0 Å². The molecule has 78 valence electrons. The molecule has 0 N–H and O–H groups in total. The number of aryl methyl sites for hydroxylation is 1. The van der Waals surface area contributed by atoms with E-state index in [2.05, 4.69) is 29.0 Å². The van der Waals surface area contributed by atoms with E-state index in [1.54, 1.807) is 0 Å². The van der Waals surface area contributed by atoms with Crippen LogP contribution in [0.5, 0.6) is 0 Å². The number of rotatable bonds is 0. The molecule has 0 aromatic carbocycles. The Hall–Kier alpha value is -1.49. The Morgan fingerprint density at radius 2 is 2.40 bits per heavy atom. The zero-order valence-corrected chi connectivity index (χ0v) is 9.33. The fourth-order valence-electron chi connectivity index (χ4n) is 1.72. The molecule has 1 aromatic heterocycles. The van der Waals surface area contributed by atoms with Crippen molar-refractivity contribution in [2.45, 2.75) is 26.2 Å². The van der Waals surface area contributed by atoms with Crippen LogP contribution >= 0.6 is 0 Å². The minimum absolute atomic E-state index is 0.439. The van der Waals surface area contributed by atoms with Crippen LogP contribution in [0.4, 0.5) is 0 Å². The van der Waals surface area contributed by atoms with Crippen LogP contribution in [0.1, 0.15) is 30.8 Å². The van der Waals surface area contributed by atoms with Crippen molar-refractivity contribution in [3.05, 3.63) is 29.9 Å². The topological polar surface area (TPSA) is 17.8 Å². The molecule has 0 saturated carbocycles. The Kier molecular flexibility index (Phi) is 2.91. The van der Waals surface area contributed by atoms with Gasteiger partial charge in [-0.2, -0.15) is 0 Å². The van der Waals surface area contributed by atoms with Crippen LogP contribution in [0.3, 0.4) is 0 Å². The smallest absolute Gasteiger partial charge is 0.112 e. The van der Waals surface area contributed by atoms with Crippen LogP contribution < -0.4 is 0 Å². The zero-order chi connectivity index (χ0) is 10.7. The van der Waals surface area contributed by atoms with E-state index in [0.717, 1.165) is 11.5 Å². The van der Waals surface area contributed by atoms with E-state index in [9.17, 15) is 0 Å². The minimum Gasteiger partial charge on any atom is -0.325 e. The highest BCUT2D eigenvalue weighted by Crippen LogP contribution is 2.15. The van der Waals surface area contributed by atoms with Crippen molar-refractivity contribution < 1.29 is 0 Å². The van der Waals surface area contributed by atoms with Gasteiger partial charge in [-0.05, 0) is 32.1 Å². The fourth-order valence-corrected chi connectivity index (χ4v) is 1.72. The van der Waals surface area contributed by atoms with Crippen molar-refractivity contribution in [2.24, 2.45) is 13.0 Å². The number of allylic oxidation sites excluding steroid dienone is 2. The summed E-state index contributed by atoms with van der Waals surface area (Å²) >= 11 is 0. The van der Waals surface area contributed by atoms with Crippen molar-refractivity contribution in [3.8, 4) is 11.8 Å². The number of imidazole rings is 1. The SMILES string of the molecule is Cc1ncc(C#CC2C=CCCC2)n1C. The van der Waals surface area contributed by atoms with Crippen molar-refractivity contribution in [3.63, 3.8) is 0 Å². The molecule has 1 unspecified atom stereocenters. The van der Waals surface area contributed by atoms with E-state index in [1.807, 2.05) is 24.7 Å². The molecule has 15 heavy (non-hydrogen) atoms. The number of aromatic nitrogens is 2. The lowest BCUT2D eigenvalue weighted by Crippen LogP contribution is -1.98. The molecule has 1 aliphatic carbocycles. The monoisotopic (exact) mass is 200 g/mol. The summed E-state index contributed by atoms with van der Waals surface area (Å²) in [5, 5.41) is 0. The van der Waals surface area contributed by atoms with Crippen LogP contribution in [-0.2, 0) is 7.05 Å². The quantitative estimate of drug-likeness (QED) is 0.464. The standard InChI is InChI=1S/C13H16N2/c1-11-14-10-13(15(11)2)9-8-12-6-4-3-5-7-12/h4,6,10,12H,3,5,7H2,1-2H3. The number of hydrogen-bond acceptors (Lipinski definition) is 1. The third-order valence-corrected chi connectivity index (χ3v) is 2.86. The molecule has 1 aliphatic rings. The molecule has 0 spiro atoms. The first-order valence-corrected chi connectivity index (χ1v) is 5.44. The summed E-state index contributed by atoms with van der Waals surface area (Å²) in [5.74, 6) is 7.95. The summed E-state index contributed by atoms with van der Waals surface area (Å²) in [6, 6.07) is 0. The molecule has 0 aliphatic heterocycles. The summed E-state index contributed by atoms with van der Waals surface area (Å²) in [6.07, 6.45) is 9.97. The molecule has 0 amide bonds. The first kappa shape index (κ1) is 10.0. The van der Waals surface area contributed by atoms with E-state index >= 15 is 0 Å². The fraction of sp³-hybridized carbons (Fsp3) is 0.462. The second-order valence-corrected chi connectivity index (χ2v) is 3.98. The summed E-state index contributed by atoms with van der Waals surface area (Å²) in [5.41, 5.74) is 1.01. The molecular weight excluding hydrogens is 184 g/mol. The Labute approximate surface area is 91.0 Å². The molecule has 2 nitrogen and oxygen atoms in total. The molecule has 0 bridgehead atoms. The Bertz CT molecular complexity index is 429. The van der Waals surface area contributed by atoms with Crippen LogP contribution in [-0.4, -0.2) is 9.55 Å². The van der Waals surface area contributed by atoms with Crippen molar-refractivity contribution in [1.82, 2.24) is 9.55 Å². The van der Waals surface area contributed by atoms with E-state index in [4.69, 9.17) is 0 Å². The average molecular weight is 200 g/mol. The molecule has 2 heteroatoms. The second kappa shape index (κ2) is 4.35. The lowest BCUT2D eigenvalue weighted by atomic mass is 9.96. The molecular formula is C13H16N2. The van der Waals surface area contributed by atoms with Crippen molar-refractivity contribution in [1.29, 1.82) is 0 Å². The van der Waals surface area contributed by atoms with Crippen LogP contribution in [0.2, 0.25) is 0 Å². The van der Waals surface area contributed by atoms with Crippen LogP contribution in [0, 0.1) is 24.7 Å². The summed E-state index contributed by atoms with van der Waals surface area (Å²) < 4.78 is 2.03. The maximum absolute atomic E-state index is 4.22. The summed E-state index contributed by atoms with van der Waals surface area (Å²) in [6.45, 7) is 1.99. The van der Waals surface area contributed by atoms with Crippen LogP contribution in [0.15, 0.2) is 18.3 Å². The predicted molar refractivity (Wildman–Crippen MR) is 61.3 cm³/mol. The minimum atomic E-state index is 0.439. The van der Waals surface area contributed by atoms with Gasteiger partial charge in [-0.15, -0.1) is 0 Å². The van der Waals surface area contributed by atoms with Gasteiger partial charge in [0.15, 0.2) is 0 Å². The normalized spacial score (nSPS) is 19.7. The van der Waals surface area contributed by atoms with Gasteiger partial charge in [-0.1, -0.05) is 18.1 Å². The molecule has 1 atom stereocenters. The predicted octanol–water partition coefficient (Wildman–Crippen LogP) is 2.44. The van der Waals surface area contributed by atoms with Gasteiger partial charge in [0.2, 0.25) is 0 Å². The highest BCUT2D eigenvalue weighted by Gasteiger charge is 2.04. The van der Waals surface area contributed by atoms with Gasteiger partial charge in [0.05, 0.1) is 6.20 Å². The van der Waals surface area contributed by atoms with Crippen LogP contribution in [0.25, 0.3) is 0 Å². The molecule has 1 aromatic rings. The first-order chi connectivity index (χ1) is 7.27. The van der Waals surface area contributed by atoms with E-state index in [-0.39, 0.29) is 0 Å². The molecule has 2 rings (SSSR count). The highest BCUT2D eigenvalue weighted by molar-refractivity contribution is 5.29. The van der Waals surface area contributed by atoms with Crippen molar-refractivity contribution in [2.75, 3.05) is 0 Å². The highest BCUT2D eigenvalue weighted by atomic mass is 15.0.